The maximum Gasteiger partial charge on any atom is 0.0210 e. The molecule has 1 aromatic carbocycles. The Labute approximate surface area is 112 Å². The molecule has 1 aromatic rings. The molecule has 0 aliphatic heterocycles. The highest BCUT2D eigenvalue weighted by Gasteiger charge is 2.19. The predicted octanol–water partition coefficient (Wildman–Crippen LogP) is 4.36. The molecule has 0 spiro atoms. The molecule has 0 bridgehead atoms. The molecule has 1 heteroatoms. The maximum atomic E-state index is 3.74. The van der Waals surface area contributed by atoms with Crippen LogP contribution in [0.5, 0.6) is 0 Å². The Balaban J connectivity index is 1.88. The number of hydrogen-bond acceptors (Lipinski definition) is 1. The highest BCUT2D eigenvalue weighted by molar-refractivity contribution is 5.30. The van der Waals surface area contributed by atoms with Gasteiger partial charge in [0.1, 0.15) is 0 Å². The molecule has 0 amide bonds. The first-order valence-corrected chi connectivity index (χ1v) is 7.46. The first kappa shape index (κ1) is 13.6. The Bertz CT molecular complexity index is 377. The minimum absolute atomic E-state index is 0.658. The minimum atomic E-state index is 0.658. The van der Waals surface area contributed by atoms with E-state index < -0.39 is 0 Å². The van der Waals surface area contributed by atoms with Crippen molar-refractivity contribution in [2.24, 2.45) is 5.92 Å². The van der Waals surface area contributed by atoms with Crippen molar-refractivity contribution in [2.75, 3.05) is 0 Å². The maximum absolute atomic E-state index is 3.74. The smallest absolute Gasteiger partial charge is 0.0210 e. The molecule has 2 rings (SSSR count). The number of hydrogen-bond donors (Lipinski definition) is 1. The van der Waals surface area contributed by atoms with Crippen molar-refractivity contribution in [2.45, 2.75) is 65.5 Å². The minimum Gasteiger partial charge on any atom is -0.310 e. The third-order valence-electron chi connectivity index (χ3n) is 4.48. The second kappa shape index (κ2) is 6.38. The van der Waals surface area contributed by atoms with Crippen LogP contribution < -0.4 is 5.32 Å². The molecular formula is C17H27N. The summed E-state index contributed by atoms with van der Waals surface area (Å²) < 4.78 is 0. The highest BCUT2D eigenvalue weighted by Crippen LogP contribution is 2.26. The van der Waals surface area contributed by atoms with Crippen molar-refractivity contribution in [3.63, 3.8) is 0 Å². The van der Waals surface area contributed by atoms with Crippen LogP contribution in [0.3, 0.4) is 0 Å². The SMILES string of the molecule is Cc1ccc(C)c(CNC(C)C2CCCCC2)c1. The van der Waals surface area contributed by atoms with E-state index >= 15 is 0 Å². The summed E-state index contributed by atoms with van der Waals surface area (Å²) in [6.45, 7) is 7.77. The third kappa shape index (κ3) is 3.58. The Morgan fingerprint density at radius 2 is 1.89 bits per heavy atom. The molecule has 1 aliphatic carbocycles. The third-order valence-corrected chi connectivity index (χ3v) is 4.48. The monoisotopic (exact) mass is 245 g/mol. The van der Waals surface area contributed by atoms with E-state index in [1.807, 2.05) is 0 Å². The zero-order chi connectivity index (χ0) is 13.0. The molecule has 0 saturated heterocycles. The van der Waals surface area contributed by atoms with Crippen LogP contribution in [0.2, 0.25) is 0 Å². The van der Waals surface area contributed by atoms with E-state index in [4.69, 9.17) is 0 Å². The molecule has 100 valence electrons. The zero-order valence-electron chi connectivity index (χ0n) is 12.1. The summed E-state index contributed by atoms with van der Waals surface area (Å²) in [6.07, 6.45) is 7.14. The average molecular weight is 245 g/mol. The van der Waals surface area contributed by atoms with Crippen molar-refractivity contribution in [1.29, 1.82) is 0 Å². The van der Waals surface area contributed by atoms with E-state index in [-0.39, 0.29) is 0 Å². The zero-order valence-corrected chi connectivity index (χ0v) is 12.1. The van der Waals surface area contributed by atoms with Gasteiger partial charge >= 0.3 is 0 Å². The first-order chi connectivity index (χ1) is 8.66. The van der Waals surface area contributed by atoms with Crippen LogP contribution in [0.15, 0.2) is 18.2 Å². The molecule has 1 aliphatic rings. The van der Waals surface area contributed by atoms with Crippen LogP contribution in [0.4, 0.5) is 0 Å². The van der Waals surface area contributed by atoms with E-state index in [1.54, 1.807) is 0 Å². The van der Waals surface area contributed by atoms with Gasteiger partial charge in [-0.15, -0.1) is 0 Å². The number of nitrogens with one attached hydrogen (secondary N) is 1. The fraction of sp³-hybridized carbons (Fsp3) is 0.647. The molecule has 0 heterocycles. The molecule has 1 fully saturated rings. The lowest BCUT2D eigenvalue weighted by Gasteiger charge is -2.28. The van der Waals surface area contributed by atoms with Crippen molar-refractivity contribution >= 4 is 0 Å². The van der Waals surface area contributed by atoms with Crippen LogP contribution >= 0.6 is 0 Å². The van der Waals surface area contributed by atoms with Crippen molar-refractivity contribution in [3.8, 4) is 0 Å². The van der Waals surface area contributed by atoms with Gasteiger partial charge in [-0.25, -0.2) is 0 Å². The van der Waals surface area contributed by atoms with Crippen molar-refractivity contribution < 1.29 is 0 Å². The largest absolute Gasteiger partial charge is 0.310 e. The van der Waals surface area contributed by atoms with Gasteiger partial charge in [0.25, 0.3) is 0 Å². The van der Waals surface area contributed by atoms with Gasteiger partial charge in [-0.2, -0.15) is 0 Å². The van der Waals surface area contributed by atoms with E-state index in [2.05, 4.69) is 44.3 Å². The fourth-order valence-corrected chi connectivity index (χ4v) is 3.06. The molecule has 0 radical (unpaired) electrons. The summed E-state index contributed by atoms with van der Waals surface area (Å²) in [5.74, 6) is 0.892. The average Bonchev–Trinajstić information content (AvgIpc) is 2.40. The summed E-state index contributed by atoms with van der Waals surface area (Å²) in [5, 5.41) is 3.74. The summed E-state index contributed by atoms with van der Waals surface area (Å²) in [6, 6.07) is 7.40. The van der Waals surface area contributed by atoms with Gasteiger partial charge < -0.3 is 5.32 Å². The van der Waals surface area contributed by atoms with E-state index in [0.29, 0.717) is 6.04 Å². The fourth-order valence-electron chi connectivity index (χ4n) is 3.06. The summed E-state index contributed by atoms with van der Waals surface area (Å²) in [7, 11) is 0. The summed E-state index contributed by atoms with van der Waals surface area (Å²) in [5.41, 5.74) is 4.23. The van der Waals surface area contributed by atoms with Crippen LogP contribution in [-0.4, -0.2) is 6.04 Å². The van der Waals surface area contributed by atoms with Gasteiger partial charge in [0, 0.05) is 12.6 Å². The second-order valence-electron chi connectivity index (χ2n) is 6.00. The Hall–Kier alpha value is -0.820. The Morgan fingerprint density at radius 3 is 2.61 bits per heavy atom. The molecule has 1 unspecified atom stereocenters. The first-order valence-electron chi connectivity index (χ1n) is 7.46. The number of benzene rings is 1. The lowest BCUT2D eigenvalue weighted by molar-refractivity contribution is 0.280. The van der Waals surface area contributed by atoms with Gasteiger partial charge in [-0.05, 0) is 50.7 Å². The number of aryl methyl sites for hydroxylation is 2. The van der Waals surface area contributed by atoms with Crippen LogP contribution in [0.25, 0.3) is 0 Å². The van der Waals surface area contributed by atoms with Gasteiger partial charge in [-0.1, -0.05) is 43.0 Å². The standard InChI is InChI=1S/C17H27N/c1-13-9-10-14(2)17(11-13)12-18-15(3)16-7-5-4-6-8-16/h9-11,15-16,18H,4-8,12H2,1-3H3. The lowest BCUT2D eigenvalue weighted by atomic mass is 9.84. The molecule has 1 N–H and O–H groups in total. The van der Waals surface area contributed by atoms with E-state index in [9.17, 15) is 0 Å². The second-order valence-corrected chi connectivity index (χ2v) is 6.00. The summed E-state index contributed by atoms with van der Waals surface area (Å²) >= 11 is 0. The van der Waals surface area contributed by atoms with E-state index in [0.717, 1.165) is 12.5 Å². The molecular weight excluding hydrogens is 218 g/mol. The normalized spacial score (nSPS) is 18.8. The topological polar surface area (TPSA) is 12.0 Å². The van der Waals surface area contributed by atoms with Crippen LogP contribution in [0, 0.1) is 19.8 Å². The Morgan fingerprint density at radius 1 is 1.17 bits per heavy atom. The van der Waals surface area contributed by atoms with E-state index in [1.165, 1.54) is 48.8 Å². The van der Waals surface area contributed by atoms with Crippen molar-refractivity contribution in [1.82, 2.24) is 5.32 Å². The number of rotatable bonds is 4. The molecule has 1 atom stereocenters. The quantitative estimate of drug-likeness (QED) is 0.831. The molecule has 18 heavy (non-hydrogen) atoms. The summed E-state index contributed by atoms with van der Waals surface area (Å²) in [4.78, 5) is 0. The highest BCUT2D eigenvalue weighted by atomic mass is 14.9. The lowest BCUT2D eigenvalue weighted by Crippen LogP contribution is -2.34. The van der Waals surface area contributed by atoms with Gasteiger partial charge in [0.2, 0.25) is 0 Å². The molecule has 0 aromatic heterocycles. The Kier molecular flexibility index (Phi) is 4.82. The van der Waals surface area contributed by atoms with Crippen LogP contribution in [0.1, 0.15) is 55.7 Å². The molecule has 1 nitrogen and oxygen atoms in total. The van der Waals surface area contributed by atoms with Gasteiger partial charge in [0.05, 0.1) is 0 Å². The van der Waals surface area contributed by atoms with Gasteiger partial charge in [-0.3, -0.25) is 0 Å². The van der Waals surface area contributed by atoms with Crippen molar-refractivity contribution in [3.05, 3.63) is 34.9 Å². The molecule has 1 saturated carbocycles. The van der Waals surface area contributed by atoms with Crippen LogP contribution in [-0.2, 0) is 6.54 Å². The predicted molar refractivity (Wildman–Crippen MR) is 78.8 cm³/mol. The van der Waals surface area contributed by atoms with Gasteiger partial charge in [0.15, 0.2) is 0 Å².